The van der Waals surface area contributed by atoms with Gasteiger partial charge in [-0.2, -0.15) is 0 Å². The van der Waals surface area contributed by atoms with Crippen molar-refractivity contribution in [1.29, 1.82) is 0 Å². The molecule has 0 saturated carbocycles. The lowest BCUT2D eigenvalue weighted by molar-refractivity contribution is 0.0692. The van der Waals surface area contributed by atoms with Crippen LogP contribution in [0.15, 0.2) is 45.8 Å². The third kappa shape index (κ3) is 2.81. The maximum absolute atomic E-state index is 11.9. The van der Waals surface area contributed by atoms with E-state index in [9.17, 15) is 9.59 Å². The van der Waals surface area contributed by atoms with Gasteiger partial charge in [0, 0.05) is 29.6 Å². The summed E-state index contributed by atoms with van der Waals surface area (Å²) in [6, 6.07) is 4.54. The molecule has 0 bridgehead atoms. The average Bonchev–Trinajstić information content (AvgIpc) is 2.94. The zero-order valence-electron chi connectivity index (χ0n) is 10.6. The lowest BCUT2D eigenvalue weighted by Crippen LogP contribution is -2.12. The standard InChI is InChI=1S/C13H9N3O3S2/c17-10-6-8(15-13-16(10)4-5-20-13)7-21-11-9(12(18)19)2-1-3-14-11/h1-6H,7H2,(H,18,19). The summed E-state index contributed by atoms with van der Waals surface area (Å²) >= 11 is 2.63. The number of aromatic carboxylic acids is 1. The Morgan fingerprint density at radius 3 is 3.14 bits per heavy atom. The Balaban J connectivity index is 1.87. The first-order valence-electron chi connectivity index (χ1n) is 5.92. The molecule has 21 heavy (non-hydrogen) atoms. The lowest BCUT2D eigenvalue weighted by atomic mass is 10.3. The molecule has 0 atom stereocenters. The van der Waals surface area contributed by atoms with Crippen LogP contribution in [-0.4, -0.2) is 25.4 Å². The van der Waals surface area contributed by atoms with Gasteiger partial charge in [0.2, 0.25) is 0 Å². The zero-order valence-corrected chi connectivity index (χ0v) is 12.2. The number of carboxylic acids is 1. The predicted molar refractivity (Wildman–Crippen MR) is 80.1 cm³/mol. The topological polar surface area (TPSA) is 84.6 Å². The number of hydrogen-bond donors (Lipinski definition) is 1. The van der Waals surface area contributed by atoms with E-state index in [1.807, 2.05) is 0 Å². The number of carboxylic acid groups (broad SMARTS) is 1. The maximum atomic E-state index is 11.9. The average molecular weight is 319 g/mol. The molecule has 0 aliphatic carbocycles. The molecule has 1 N–H and O–H groups in total. The summed E-state index contributed by atoms with van der Waals surface area (Å²) in [6.45, 7) is 0. The summed E-state index contributed by atoms with van der Waals surface area (Å²) in [4.78, 5) is 32.0. The van der Waals surface area contributed by atoms with Crippen LogP contribution < -0.4 is 5.56 Å². The monoisotopic (exact) mass is 319 g/mol. The molecule has 3 rings (SSSR count). The van der Waals surface area contributed by atoms with Crippen molar-refractivity contribution in [2.45, 2.75) is 10.8 Å². The zero-order chi connectivity index (χ0) is 14.8. The number of nitrogens with zero attached hydrogens (tertiary/aromatic N) is 3. The second-order valence-corrected chi connectivity index (χ2v) is 5.93. The summed E-state index contributed by atoms with van der Waals surface area (Å²) < 4.78 is 1.47. The summed E-state index contributed by atoms with van der Waals surface area (Å²) in [5.41, 5.74) is 0.613. The molecule has 0 fully saturated rings. The molecule has 6 nitrogen and oxygen atoms in total. The van der Waals surface area contributed by atoms with Crippen LogP contribution in [0.3, 0.4) is 0 Å². The number of hydrogen-bond acceptors (Lipinski definition) is 6. The molecular weight excluding hydrogens is 310 g/mol. The molecule has 0 aromatic carbocycles. The van der Waals surface area contributed by atoms with Crippen molar-refractivity contribution in [3.63, 3.8) is 0 Å². The number of thiazole rings is 1. The fraction of sp³-hybridized carbons (Fsp3) is 0.0769. The molecule has 0 amide bonds. The van der Waals surface area contributed by atoms with Crippen LogP contribution in [0.25, 0.3) is 4.96 Å². The largest absolute Gasteiger partial charge is 0.478 e. The van der Waals surface area contributed by atoms with E-state index < -0.39 is 5.97 Å². The molecule has 0 unspecified atom stereocenters. The third-order valence-corrected chi connectivity index (χ3v) is 4.51. The van der Waals surface area contributed by atoms with Gasteiger partial charge in [-0.1, -0.05) is 11.8 Å². The smallest absolute Gasteiger partial charge is 0.338 e. The molecule has 3 heterocycles. The highest BCUT2D eigenvalue weighted by Crippen LogP contribution is 2.23. The molecule has 0 saturated heterocycles. The highest BCUT2D eigenvalue weighted by atomic mass is 32.2. The van der Waals surface area contributed by atoms with Gasteiger partial charge in [0.25, 0.3) is 5.56 Å². The van der Waals surface area contributed by atoms with E-state index in [-0.39, 0.29) is 11.1 Å². The minimum Gasteiger partial charge on any atom is -0.478 e. The molecule has 0 spiro atoms. The van der Waals surface area contributed by atoms with Gasteiger partial charge in [-0.05, 0) is 12.1 Å². The Hall–Kier alpha value is -2.19. The first kappa shape index (κ1) is 13.8. The molecule has 8 heteroatoms. The van der Waals surface area contributed by atoms with E-state index in [4.69, 9.17) is 5.11 Å². The maximum Gasteiger partial charge on any atom is 0.338 e. The molecule has 0 aliphatic rings. The number of carbonyl (C=O) groups is 1. The van der Waals surface area contributed by atoms with Gasteiger partial charge in [-0.15, -0.1) is 11.3 Å². The van der Waals surface area contributed by atoms with Gasteiger partial charge in [0.05, 0.1) is 11.3 Å². The Morgan fingerprint density at radius 1 is 1.48 bits per heavy atom. The van der Waals surface area contributed by atoms with Crippen LogP contribution in [0, 0.1) is 0 Å². The van der Waals surface area contributed by atoms with E-state index in [0.717, 1.165) is 0 Å². The van der Waals surface area contributed by atoms with Crippen LogP contribution in [0.5, 0.6) is 0 Å². The number of aromatic nitrogens is 3. The molecule has 3 aromatic rings. The summed E-state index contributed by atoms with van der Waals surface area (Å²) in [5, 5.41) is 11.3. The Labute approximate surface area is 127 Å². The first-order chi connectivity index (χ1) is 10.1. The van der Waals surface area contributed by atoms with Crippen molar-refractivity contribution < 1.29 is 9.90 Å². The quantitative estimate of drug-likeness (QED) is 0.742. The molecule has 0 aliphatic heterocycles. The number of rotatable bonds is 4. The molecule has 106 valence electrons. The second kappa shape index (κ2) is 5.66. The van der Waals surface area contributed by atoms with Crippen molar-refractivity contribution in [3.8, 4) is 0 Å². The summed E-state index contributed by atoms with van der Waals surface area (Å²) in [6.07, 6.45) is 3.22. The highest BCUT2D eigenvalue weighted by molar-refractivity contribution is 7.98. The highest BCUT2D eigenvalue weighted by Gasteiger charge is 2.12. The van der Waals surface area contributed by atoms with Gasteiger partial charge in [-0.25, -0.2) is 14.8 Å². The number of thioether (sulfide) groups is 1. The lowest BCUT2D eigenvalue weighted by Gasteiger charge is -2.04. The Bertz CT molecular complexity index is 872. The molecular formula is C13H9N3O3S2. The van der Waals surface area contributed by atoms with Gasteiger partial charge >= 0.3 is 5.97 Å². The van der Waals surface area contributed by atoms with Crippen molar-refractivity contribution in [3.05, 3.63) is 57.6 Å². The summed E-state index contributed by atoms with van der Waals surface area (Å²) in [5.74, 6) is -0.631. The van der Waals surface area contributed by atoms with Gasteiger partial charge in [0.15, 0.2) is 4.96 Å². The van der Waals surface area contributed by atoms with E-state index in [0.29, 0.717) is 21.4 Å². The molecule has 0 radical (unpaired) electrons. The number of pyridine rings is 1. The van der Waals surface area contributed by atoms with E-state index in [1.165, 1.54) is 39.6 Å². The minimum absolute atomic E-state index is 0.142. The number of fused-ring (bicyclic) bond motifs is 1. The third-order valence-electron chi connectivity index (χ3n) is 2.71. The van der Waals surface area contributed by atoms with Gasteiger partial charge < -0.3 is 5.11 Å². The van der Waals surface area contributed by atoms with Crippen molar-refractivity contribution >= 4 is 34.0 Å². The van der Waals surface area contributed by atoms with Crippen LogP contribution in [-0.2, 0) is 5.75 Å². The van der Waals surface area contributed by atoms with Crippen LogP contribution in [0.2, 0.25) is 0 Å². The SMILES string of the molecule is O=C(O)c1cccnc1SCc1cc(=O)n2ccsc2n1. The summed E-state index contributed by atoms with van der Waals surface area (Å²) in [7, 11) is 0. The van der Waals surface area contributed by atoms with Crippen LogP contribution >= 0.6 is 23.1 Å². The first-order valence-corrected chi connectivity index (χ1v) is 7.78. The minimum atomic E-state index is -1.02. The second-order valence-electron chi connectivity index (χ2n) is 4.09. The fourth-order valence-electron chi connectivity index (χ4n) is 1.77. The van der Waals surface area contributed by atoms with Gasteiger partial charge in [0.1, 0.15) is 5.03 Å². The van der Waals surface area contributed by atoms with Crippen molar-refractivity contribution in [1.82, 2.24) is 14.4 Å². The van der Waals surface area contributed by atoms with Crippen molar-refractivity contribution in [2.24, 2.45) is 0 Å². The van der Waals surface area contributed by atoms with E-state index >= 15 is 0 Å². The van der Waals surface area contributed by atoms with Crippen LogP contribution in [0.1, 0.15) is 16.1 Å². The molecule has 3 aromatic heterocycles. The Morgan fingerprint density at radius 2 is 2.33 bits per heavy atom. The normalized spacial score (nSPS) is 10.9. The van der Waals surface area contributed by atoms with Gasteiger partial charge in [-0.3, -0.25) is 9.20 Å². The van der Waals surface area contributed by atoms with E-state index in [2.05, 4.69) is 9.97 Å². The predicted octanol–water partition coefficient (Wildman–Crippen LogP) is 2.14. The Kier molecular flexibility index (Phi) is 3.72. The van der Waals surface area contributed by atoms with Crippen LogP contribution in [0.4, 0.5) is 0 Å². The fourth-order valence-corrected chi connectivity index (χ4v) is 3.39. The van der Waals surface area contributed by atoms with Crippen molar-refractivity contribution in [2.75, 3.05) is 0 Å². The van der Waals surface area contributed by atoms with E-state index in [1.54, 1.807) is 23.8 Å².